The average molecular weight is 361 g/mol. The highest BCUT2D eigenvalue weighted by atomic mass is 35.5. The van der Waals surface area contributed by atoms with Gasteiger partial charge in [-0.3, -0.25) is 0 Å². The molecule has 4 nitrogen and oxygen atoms in total. The molecule has 0 atom stereocenters. The second kappa shape index (κ2) is 7.50. The first-order chi connectivity index (χ1) is 11.2. The van der Waals surface area contributed by atoms with Crippen molar-refractivity contribution in [2.45, 2.75) is 6.54 Å². The summed E-state index contributed by atoms with van der Waals surface area (Å²) in [6, 6.07) is 15.6. The molecule has 1 aromatic heterocycles. The number of hydrogen-bond acceptors (Lipinski definition) is 4. The van der Waals surface area contributed by atoms with Crippen molar-refractivity contribution in [3.8, 4) is 11.3 Å². The van der Waals surface area contributed by atoms with Crippen LogP contribution in [-0.4, -0.2) is 14.7 Å². The summed E-state index contributed by atoms with van der Waals surface area (Å²) in [5.41, 5.74) is 3.95. The third kappa shape index (κ3) is 4.48. The van der Waals surface area contributed by atoms with E-state index in [9.17, 15) is 0 Å². The van der Waals surface area contributed by atoms with Gasteiger partial charge < -0.3 is 10.6 Å². The fraction of sp³-hybridized carbons (Fsp3) is 0.0625. The molecule has 0 saturated heterocycles. The zero-order valence-corrected chi connectivity index (χ0v) is 14.4. The van der Waals surface area contributed by atoms with E-state index in [1.807, 2.05) is 53.9 Å². The summed E-state index contributed by atoms with van der Waals surface area (Å²) < 4.78 is 3.87. The number of aromatic nitrogens is 2. The van der Waals surface area contributed by atoms with Crippen molar-refractivity contribution in [2.24, 2.45) is 0 Å². The molecular formula is C16H13ClN4S2. The standard InChI is InChI=1S/C16H13ClN4S2/c17-13-2-1-3-14(8-13)19-16(22)18-9-11-4-6-12(7-5-11)15-10-23-21-20-15/h1-8,10H,9H2,(H2,18,19,22). The summed E-state index contributed by atoms with van der Waals surface area (Å²) in [6.45, 7) is 0.641. The second-order valence-electron chi connectivity index (χ2n) is 4.81. The number of rotatable bonds is 4. The molecule has 0 aliphatic carbocycles. The Hall–Kier alpha value is -2.02. The van der Waals surface area contributed by atoms with Crippen molar-refractivity contribution in [3.63, 3.8) is 0 Å². The number of hydrogen-bond donors (Lipinski definition) is 2. The van der Waals surface area contributed by atoms with E-state index in [1.165, 1.54) is 11.5 Å². The molecule has 0 aliphatic rings. The smallest absolute Gasteiger partial charge is 0.171 e. The molecule has 0 radical (unpaired) electrons. The van der Waals surface area contributed by atoms with Gasteiger partial charge >= 0.3 is 0 Å². The van der Waals surface area contributed by atoms with E-state index in [2.05, 4.69) is 20.2 Å². The Kier molecular flexibility index (Phi) is 5.17. The molecule has 0 saturated carbocycles. The van der Waals surface area contributed by atoms with Gasteiger partial charge in [-0.15, -0.1) is 5.10 Å². The van der Waals surface area contributed by atoms with Crippen molar-refractivity contribution >= 4 is 46.2 Å². The van der Waals surface area contributed by atoms with E-state index in [1.54, 1.807) is 0 Å². The molecule has 2 aromatic carbocycles. The van der Waals surface area contributed by atoms with Gasteiger partial charge in [-0.05, 0) is 47.5 Å². The van der Waals surface area contributed by atoms with Crippen molar-refractivity contribution < 1.29 is 0 Å². The minimum atomic E-state index is 0.556. The molecular weight excluding hydrogens is 348 g/mol. The Labute approximate surface area is 148 Å². The number of nitrogens with one attached hydrogen (secondary N) is 2. The molecule has 23 heavy (non-hydrogen) atoms. The van der Waals surface area contributed by atoms with Crippen LogP contribution in [0.1, 0.15) is 5.56 Å². The van der Waals surface area contributed by atoms with Gasteiger partial charge in [0.2, 0.25) is 0 Å². The minimum absolute atomic E-state index is 0.556. The van der Waals surface area contributed by atoms with Crippen LogP contribution in [0.25, 0.3) is 11.3 Å². The second-order valence-corrected chi connectivity index (χ2v) is 6.26. The van der Waals surface area contributed by atoms with E-state index >= 15 is 0 Å². The highest BCUT2D eigenvalue weighted by Gasteiger charge is 2.02. The first-order valence-electron chi connectivity index (χ1n) is 6.87. The number of halogens is 1. The average Bonchev–Trinajstić information content (AvgIpc) is 3.08. The lowest BCUT2D eigenvalue weighted by Crippen LogP contribution is -2.27. The number of anilines is 1. The zero-order valence-electron chi connectivity index (χ0n) is 12.0. The van der Waals surface area contributed by atoms with E-state index in [4.69, 9.17) is 23.8 Å². The Balaban J connectivity index is 1.54. The van der Waals surface area contributed by atoms with Crippen LogP contribution in [0.15, 0.2) is 53.9 Å². The van der Waals surface area contributed by atoms with E-state index < -0.39 is 0 Å². The van der Waals surface area contributed by atoms with E-state index in [0.29, 0.717) is 16.7 Å². The number of nitrogens with zero attached hydrogens (tertiary/aromatic N) is 2. The first-order valence-corrected chi connectivity index (χ1v) is 8.50. The maximum absolute atomic E-state index is 5.95. The first kappa shape index (κ1) is 15.9. The SMILES string of the molecule is S=C(NCc1ccc(-c2csnn2)cc1)Nc1cccc(Cl)c1. The Morgan fingerprint density at radius 3 is 2.70 bits per heavy atom. The van der Waals surface area contributed by atoms with Gasteiger partial charge in [0.15, 0.2) is 5.11 Å². The molecule has 0 unspecified atom stereocenters. The van der Waals surface area contributed by atoms with Crippen LogP contribution in [0.3, 0.4) is 0 Å². The summed E-state index contributed by atoms with van der Waals surface area (Å²) in [5, 5.41) is 13.5. The third-order valence-corrected chi connectivity index (χ3v) is 4.13. The van der Waals surface area contributed by atoms with Gasteiger partial charge in [-0.1, -0.05) is 46.4 Å². The maximum Gasteiger partial charge on any atom is 0.171 e. The normalized spacial score (nSPS) is 10.3. The predicted molar refractivity (Wildman–Crippen MR) is 99.9 cm³/mol. The van der Waals surface area contributed by atoms with Gasteiger partial charge in [-0.2, -0.15) is 0 Å². The van der Waals surface area contributed by atoms with Crippen LogP contribution < -0.4 is 10.6 Å². The van der Waals surface area contributed by atoms with Gasteiger partial charge in [0.25, 0.3) is 0 Å². The van der Waals surface area contributed by atoms with Crippen LogP contribution >= 0.6 is 35.4 Å². The number of thiocarbonyl (C=S) groups is 1. The van der Waals surface area contributed by atoms with Crippen molar-refractivity contribution in [1.29, 1.82) is 0 Å². The quantitative estimate of drug-likeness (QED) is 0.677. The highest BCUT2D eigenvalue weighted by Crippen LogP contribution is 2.18. The monoisotopic (exact) mass is 360 g/mol. The summed E-state index contributed by atoms with van der Waals surface area (Å²) in [6.07, 6.45) is 0. The molecule has 0 bridgehead atoms. The van der Waals surface area contributed by atoms with Crippen molar-refractivity contribution in [1.82, 2.24) is 14.9 Å². The van der Waals surface area contributed by atoms with Crippen LogP contribution in [0.4, 0.5) is 5.69 Å². The molecule has 0 fully saturated rings. The molecule has 3 aromatic rings. The van der Waals surface area contributed by atoms with Gasteiger partial charge in [0, 0.05) is 28.2 Å². The Morgan fingerprint density at radius 2 is 2.00 bits per heavy atom. The molecule has 0 amide bonds. The fourth-order valence-corrected chi connectivity index (χ4v) is 2.85. The molecule has 7 heteroatoms. The van der Waals surface area contributed by atoms with Crippen LogP contribution in [0.2, 0.25) is 5.02 Å². The topological polar surface area (TPSA) is 49.8 Å². The maximum atomic E-state index is 5.95. The van der Waals surface area contributed by atoms with Crippen LogP contribution in [0, 0.1) is 0 Å². The third-order valence-electron chi connectivity index (χ3n) is 3.15. The summed E-state index contributed by atoms with van der Waals surface area (Å²) >= 11 is 12.6. The molecule has 2 N–H and O–H groups in total. The molecule has 0 aliphatic heterocycles. The van der Waals surface area contributed by atoms with Crippen LogP contribution in [0.5, 0.6) is 0 Å². The Bertz CT molecular complexity index is 788. The van der Waals surface area contributed by atoms with Crippen molar-refractivity contribution in [2.75, 3.05) is 5.32 Å². The van der Waals surface area contributed by atoms with Crippen molar-refractivity contribution in [3.05, 3.63) is 64.5 Å². The zero-order chi connectivity index (χ0) is 16.1. The summed E-state index contributed by atoms with van der Waals surface area (Å²) in [5.74, 6) is 0. The number of benzene rings is 2. The van der Waals surface area contributed by atoms with Crippen LogP contribution in [-0.2, 0) is 6.54 Å². The van der Waals surface area contributed by atoms with Gasteiger partial charge in [-0.25, -0.2) is 0 Å². The summed E-state index contributed by atoms with van der Waals surface area (Å²) in [7, 11) is 0. The summed E-state index contributed by atoms with van der Waals surface area (Å²) in [4.78, 5) is 0. The van der Waals surface area contributed by atoms with E-state index in [0.717, 1.165) is 22.5 Å². The lowest BCUT2D eigenvalue weighted by Gasteiger charge is -2.11. The van der Waals surface area contributed by atoms with E-state index in [-0.39, 0.29) is 0 Å². The molecule has 3 rings (SSSR count). The largest absolute Gasteiger partial charge is 0.358 e. The van der Waals surface area contributed by atoms with Gasteiger partial charge in [0.1, 0.15) is 5.69 Å². The Morgan fingerprint density at radius 1 is 1.17 bits per heavy atom. The molecule has 116 valence electrons. The molecule has 1 heterocycles. The fourth-order valence-electron chi connectivity index (χ4n) is 2.01. The van der Waals surface area contributed by atoms with Gasteiger partial charge in [0.05, 0.1) is 0 Å². The lowest BCUT2D eigenvalue weighted by molar-refractivity contribution is 0.926. The lowest BCUT2D eigenvalue weighted by atomic mass is 10.1. The predicted octanol–water partition coefficient (Wildman–Crippen LogP) is 4.35. The molecule has 0 spiro atoms. The highest BCUT2D eigenvalue weighted by molar-refractivity contribution is 7.80. The minimum Gasteiger partial charge on any atom is -0.358 e.